The molecule has 4 rings (SSSR count). The number of amides is 1. The van der Waals surface area contributed by atoms with Gasteiger partial charge in [-0.3, -0.25) is 9.48 Å². The van der Waals surface area contributed by atoms with Gasteiger partial charge in [0.05, 0.1) is 29.5 Å². The smallest absolute Gasteiger partial charge is 0.257 e. The number of carbonyl (C=O) groups excluding carboxylic acids is 1. The molecule has 3 heterocycles. The van der Waals surface area contributed by atoms with E-state index in [9.17, 15) is 4.79 Å². The van der Waals surface area contributed by atoms with Crippen LogP contribution in [0.15, 0.2) is 55.0 Å². The van der Waals surface area contributed by atoms with Crippen molar-refractivity contribution in [3.8, 4) is 5.69 Å². The highest BCUT2D eigenvalue weighted by molar-refractivity contribution is 5.95. The van der Waals surface area contributed by atoms with Gasteiger partial charge in [0.25, 0.3) is 5.91 Å². The average molecular weight is 335 g/mol. The van der Waals surface area contributed by atoms with Crippen LogP contribution in [0.5, 0.6) is 0 Å². The standard InChI is InChI=1S/C19H21N5O/c1-15-18(14-24(21-15)16-7-3-2-4-8-16)19(25)23-12-5-9-17(23)13-22-11-6-10-20-22/h2-4,6-8,10-11,14,17H,5,9,12-13H2,1H3/t17-/m1/s1. The first-order chi connectivity index (χ1) is 12.2. The molecule has 2 aromatic heterocycles. The minimum atomic E-state index is 0.0642. The van der Waals surface area contributed by atoms with Gasteiger partial charge in [-0.2, -0.15) is 10.2 Å². The van der Waals surface area contributed by atoms with E-state index in [2.05, 4.69) is 10.2 Å². The van der Waals surface area contributed by atoms with Gasteiger partial charge in [-0.15, -0.1) is 0 Å². The Morgan fingerprint density at radius 3 is 2.84 bits per heavy atom. The summed E-state index contributed by atoms with van der Waals surface area (Å²) in [6, 6.07) is 12.0. The van der Waals surface area contributed by atoms with Gasteiger partial charge < -0.3 is 4.90 Å². The summed E-state index contributed by atoms with van der Waals surface area (Å²) in [5.74, 6) is 0.0642. The molecular weight excluding hydrogens is 314 g/mol. The molecule has 0 saturated carbocycles. The fraction of sp³-hybridized carbons (Fsp3) is 0.316. The number of rotatable bonds is 4. The molecule has 1 aromatic carbocycles. The molecule has 0 aliphatic carbocycles. The lowest BCUT2D eigenvalue weighted by molar-refractivity contribution is 0.0721. The van der Waals surface area contributed by atoms with Crippen LogP contribution in [0.2, 0.25) is 0 Å². The Balaban J connectivity index is 1.57. The van der Waals surface area contributed by atoms with Gasteiger partial charge in [0, 0.05) is 25.1 Å². The number of benzene rings is 1. The molecule has 6 nitrogen and oxygen atoms in total. The Hall–Kier alpha value is -2.89. The largest absolute Gasteiger partial charge is 0.334 e. The van der Waals surface area contributed by atoms with Gasteiger partial charge >= 0.3 is 0 Å². The fourth-order valence-corrected chi connectivity index (χ4v) is 3.45. The van der Waals surface area contributed by atoms with E-state index in [0.717, 1.165) is 37.3 Å². The minimum Gasteiger partial charge on any atom is -0.334 e. The maximum Gasteiger partial charge on any atom is 0.257 e. The number of nitrogens with zero attached hydrogens (tertiary/aromatic N) is 5. The zero-order valence-corrected chi connectivity index (χ0v) is 14.2. The van der Waals surface area contributed by atoms with Gasteiger partial charge in [0.2, 0.25) is 0 Å². The highest BCUT2D eigenvalue weighted by atomic mass is 16.2. The van der Waals surface area contributed by atoms with Crippen LogP contribution in [0.3, 0.4) is 0 Å². The summed E-state index contributed by atoms with van der Waals surface area (Å²) in [5.41, 5.74) is 2.40. The molecule has 3 aromatic rings. The monoisotopic (exact) mass is 335 g/mol. The molecule has 0 radical (unpaired) electrons. The van der Waals surface area contributed by atoms with Crippen molar-refractivity contribution in [2.45, 2.75) is 32.4 Å². The molecule has 25 heavy (non-hydrogen) atoms. The fourth-order valence-electron chi connectivity index (χ4n) is 3.45. The Morgan fingerprint density at radius 2 is 2.08 bits per heavy atom. The van der Waals surface area contributed by atoms with Crippen LogP contribution in [-0.4, -0.2) is 43.0 Å². The van der Waals surface area contributed by atoms with E-state index in [1.54, 1.807) is 10.9 Å². The zero-order valence-electron chi connectivity index (χ0n) is 14.2. The molecule has 1 aliphatic rings. The van der Waals surface area contributed by atoms with Crippen molar-refractivity contribution in [3.63, 3.8) is 0 Å². The Kier molecular flexibility index (Phi) is 4.09. The van der Waals surface area contributed by atoms with Crippen molar-refractivity contribution in [1.82, 2.24) is 24.5 Å². The second-order valence-corrected chi connectivity index (χ2v) is 6.43. The van der Waals surface area contributed by atoms with Crippen LogP contribution in [0.1, 0.15) is 28.9 Å². The number of aromatic nitrogens is 4. The van der Waals surface area contributed by atoms with E-state index in [1.807, 2.05) is 65.3 Å². The number of hydrogen-bond acceptors (Lipinski definition) is 3. The summed E-state index contributed by atoms with van der Waals surface area (Å²) >= 11 is 0. The van der Waals surface area contributed by atoms with E-state index in [4.69, 9.17) is 0 Å². The van der Waals surface area contributed by atoms with Crippen LogP contribution in [-0.2, 0) is 6.54 Å². The maximum atomic E-state index is 13.1. The summed E-state index contributed by atoms with van der Waals surface area (Å²) in [5, 5.41) is 8.80. The second kappa shape index (κ2) is 6.55. The number of hydrogen-bond donors (Lipinski definition) is 0. The molecule has 6 heteroatoms. The van der Waals surface area contributed by atoms with Crippen molar-refractivity contribution < 1.29 is 4.79 Å². The molecule has 128 valence electrons. The van der Waals surface area contributed by atoms with Crippen LogP contribution >= 0.6 is 0 Å². The second-order valence-electron chi connectivity index (χ2n) is 6.43. The normalized spacial score (nSPS) is 17.2. The van der Waals surface area contributed by atoms with E-state index in [0.29, 0.717) is 5.56 Å². The summed E-state index contributed by atoms with van der Waals surface area (Å²) < 4.78 is 3.68. The predicted octanol–water partition coefficient (Wildman–Crippen LogP) is 2.68. The summed E-state index contributed by atoms with van der Waals surface area (Å²) in [7, 11) is 0. The number of para-hydroxylation sites is 1. The third kappa shape index (κ3) is 3.07. The Bertz CT molecular complexity index is 853. The lowest BCUT2D eigenvalue weighted by atomic mass is 10.2. The van der Waals surface area contributed by atoms with Crippen LogP contribution in [0.4, 0.5) is 0 Å². The third-order valence-corrected chi connectivity index (χ3v) is 4.75. The quantitative estimate of drug-likeness (QED) is 0.736. The lowest BCUT2D eigenvalue weighted by Crippen LogP contribution is -2.38. The predicted molar refractivity (Wildman–Crippen MR) is 94.6 cm³/mol. The van der Waals surface area contributed by atoms with Crippen LogP contribution in [0, 0.1) is 6.92 Å². The van der Waals surface area contributed by atoms with Crippen molar-refractivity contribution in [3.05, 3.63) is 66.2 Å². The zero-order chi connectivity index (χ0) is 17.2. The molecule has 0 unspecified atom stereocenters. The van der Waals surface area contributed by atoms with E-state index < -0.39 is 0 Å². The molecule has 1 aliphatic heterocycles. The lowest BCUT2D eigenvalue weighted by Gasteiger charge is -2.24. The molecular formula is C19H21N5O. The van der Waals surface area contributed by atoms with E-state index in [1.165, 1.54) is 0 Å². The third-order valence-electron chi connectivity index (χ3n) is 4.75. The molecule has 0 spiro atoms. The van der Waals surface area contributed by atoms with Crippen molar-refractivity contribution in [1.29, 1.82) is 0 Å². The van der Waals surface area contributed by atoms with Crippen molar-refractivity contribution in [2.75, 3.05) is 6.54 Å². The SMILES string of the molecule is Cc1nn(-c2ccccc2)cc1C(=O)N1CCC[C@@H]1Cn1cccn1. The topological polar surface area (TPSA) is 56.0 Å². The molecule has 1 saturated heterocycles. The van der Waals surface area contributed by atoms with E-state index in [-0.39, 0.29) is 11.9 Å². The summed E-state index contributed by atoms with van der Waals surface area (Å²) in [4.78, 5) is 15.1. The van der Waals surface area contributed by atoms with Crippen LogP contribution in [0.25, 0.3) is 5.69 Å². The highest BCUT2D eigenvalue weighted by Gasteiger charge is 2.31. The van der Waals surface area contributed by atoms with Crippen molar-refractivity contribution in [2.24, 2.45) is 0 Å². The maximum absolute atomic E-state index is 13.1. The van der Waals surface area contributed by atoms with Gasteiger partial charge in [-0.25, -0.2) is 4.68 Å². The van der Waals surface area contributed by atoms with Gasteiger partial charge in [0.1, 0.15) is 0 Å². The molecule has 0 N–H and O–H groups in total. The van der Waals surface area contributed by atoms with Gasteiger partial charge in [-0.1, -0.05) is 18.2 Å². The minimum absolute atomic E-state index is 0.0642. The average Bonchev–Trinajstić information content (AvgIpc) is 3.37. The molecule has 0 bridgehead atoms. The Morgan fingerprint density at radius 1 is 1.24 bits per heavy atom. The number of likely N-dealkylation sites (tertiary alicyclic amines) is 1. The first-order valence-electron chi connectivity index (χ1n) is 8.62. The summed E-state index contributed by atoms with van der Waals surface area (Å²) in [6.45, 7) is 3.43. The first kappa shape index (κ1) is 15.6. The van der Waals surface area contributed by atoms with Gasteiger partial charge in [0.15, 0.2) is 0 Å². The number of aryl methyl sites for hydroxylation is 1. The Labute approximate surface area is 146 Å². The van der Waals surface area contributed by atoms with E-state index >= 15 is 0 Å². The summed E-state index contributed by atoms with van der Waals surface area (Å²) in [6.07, 6.45) is 7.60. The van der Waals surface area contributed by atoms with Crippen molar-refractivity contribution >= 4 is 5.91 Å². The molecule has 1 atom stereocenters. The molecule has 1 fully saturated rings. The van der Waals surface area contributed by atoms with Gasteiger partial charge in [-0.05, 0) is 38.0 Å². The highest BCUT2D eigenvalue weighted by Crippen LogP contribution is 2.23. The first-order valence-corrected chi connectivity index (χ1v) is 8.62. The van der Waals surface area contributed by atoms with Crippen LogP contribution < -0.4 is 0 Å². The molecule has 1 amide bonds. The number of carbonyl (C=O) groups is 1.